The summed E-state index contributed by atoms with van der Waals surface area (Å²) in [5.74, 6) is -9.17. The highest BCUT2D eigenvalue weighted by atomic mass is 33.1. The van der Waals surface area contributed by atoms with Crippen LogP contribution in [0.1, 0.15) is 79.1 Å². The first-order valence-corrected chi connectivity index (χ1v) is 38.4. The number of aromatic amines is 4. The molecule has 18 N–H and O–H groups in total. The van der Waals surface area contributed by atoms with Crippen LogP contribution in [0.3, 0.4) is 0 Å². The highest BCUT2D eigenvalue weighted by molar-refractivity contribution is 8.76. The maximum Gasteiger partial charge on any atom is 0.324 e. The first-order valence-electron chi connectivity index (χ1n) is 35.7. The van der Waals surface area contributed by atoms with E-state index in [2.05, 4.69) is 88.4 Å². The lowest BCUT2D eigenvalue weighted by atomic mass is 10.0. The van der Waals surface area contributed by atoms with E-state index in [4.69, 9.17) is 11.1 Å². The van der Waals surface area contributed by atoms with Crippen molar-refractivity contribution in [3.05, 3.63) is 180 Å². The molecule has 2 fully saturated rings. The highest BCUT2D eigenvalue weighted by Crippen LogP contribution is 2.27. The van der Waals surface area contributed by atoms with Gasteiger partial charge in [-0.1, -0.05) is 132 Å². The molecule has 33 nitrogen and oxygen atoms in total. The Labute approximate surface area is 634 Å². The molecule has 0 saturated carbocycles. The van der Waals surface area contributed by atoms with Crippen molar-refractivity contribution in [1.82, 2.24) is 98.2 Å². The SMILES string of the molecule is CCCCN1C(=O)N[C@@H](Cc2c[nH]cn2)C(=O)N[C@H](Cc2ccccc2)C(=O)N[C@@H](CCCNC(=N)N)C(=O)N[C@@H](Cc2c[nH]c3ccccc23)C(=O)NCC(=O)N2CCC[C@H]2C(=O)N[C@@H](Cc2c[nH]cn2)C(=O)N[C@H](Cc2ccccc2)C(=O)NC(=O)N[C@@H](Cc2c[nH]c3ccccc23)C(=O)NC(SSC)C1=O. The molecule has 109 heavy (non-hydrogen) atoms. The molecule has 10 rings (SSSR count). The van der Waals surface area contributed by atoms with Crippen molar-refractivity contribution in [2.45, 2.75) is 138 Å². The van der Waals surface area contributed by atoms with Crippen LogP contribution in [0.4, 0.5) is 9.59 Å². The van der Waals surface area contributed by atoms with Crippen LogP contribution in [-0.2, 0) is 86.5 Å². The number of unbranched alkanes of at least 4 members (excludes halogenated alkanes) is 1. The zero-order valence-electron chi connectivity index (χ0n) is 59.9. The number of hydrogen-bond acceptors (Lipinski definition) is 17. The summed E-state index contributed by atoms with van der Waals surface area (Å²) in [5.41, 5.74) is 9.86. The van der Waals surface area contributed by atoms with Gasteiger partial charge in [0.2, 0.25) is 47.3 Å². The number of guanidine groups is 1. The minimum atomic E-state index is -1.58. The van der Waals surface area contributed by atoms with Gasteiger partial charge in [-0.2, -0.15) is 0 Å². The van der Waals surface area contributed by atoms with E-state index in [1.54, 1.807) is 110 Å². The predicted molar refractivity (Wildman–Crippen MR) is 408 cm³/mol. The summed E-state index contributed by atoms with van der Waals surface area (Å²) in [6, 6.07) is 17.5. The van der Waals surface area contributed by atoms with Crippen molar-refractivity contribution >= 4 is 120 Å². The number of imide groups is 2. The molecule has 2 aliphatic heterocycles. The van der Waals surface area contributed by atoms with E-state index in [1.807, 2.05) is 25.1 Å². The van der Waals surface area contributed by atoms with Gasteiger partial charge in [0.05, 0.1) is 30.6 Å². The second-order valence-electron chi connectivity index (χ2n) is 26.3. The Morgan fingerprint density at radius 2 is 1.03 bits per heavy atom. The summed E-state index contributed by atoms with van der Waals surface area (Å²) < 4.78 is 0. The first-order chi connectivity index (χ1) is 52.7. The Hall–Kier alpha value is -12.0. The topological polar surface area (TPSA) is 482 Å². The van der Waals surface area contributed by atoms with Crippen LogP contribution in [-0.4, -0.2) is 203 Å². The molecule has 35 heteroatoms. The van der Waals surface area contributed by atoms with E-state index in [-0.39, 0.29) is 95.5 Å². The first kappa shape index (κ1) is 79.6. The van der Waals surface area contributed by atoms with Crippen molar-refractivity contribution in [3.8, 4) is 0 Å². The molecule has 4 aromatic heterocycles. The van der Waals surface area contributed by atoms with Gasteiger partial charge >= 0.3 is 12.1 Å². The van der Waals surface area contributed by atoms with E-state index in [0.717, 1.165) is 26.5 Å². The number of hydrogen-bond donors (Lipinski definition) is 17. The average Bonchev–Trinajstić information content (AvgIpc) is 1.74. The number of aromatic nitrogens is 6. The van der Waals surface area contributed by atoms with Gasteiger partial charge in [-0.3, -0.25) is 63.6 Å². The molecule has 0 spiro atoms. The number of H-pyrrole nitrogens is 4. The summed E-state index contributed by atoms with van der Waals surface area (Å²) in [6.07, 6.45) is 10.5. The fraction of sp³-hybridized carbons (Fsp3) is 0.365. The zero-order valence-corrected chi connectivity index (χ0v) is 61.6. The van der Waals surface area contributed by atoms with Crippen molar-refractivity contribution in [3.63, 3.8) is 0 Å². The van der Waals surface area contributed by atoms with Crippen molar-refractivity contribution in [1.29, 1.82) is 5.41 Å². The Morgan fingerprint density at radius 3 is 1.57 bits per heavy atom. The molecule has 0 aliphatic carbocycles. The number of urea groups is 2. The number of carbonyl (C=O) groups excluding carboxylic acids is 12. The predicted octanol–water partition coefficient (Wildman–Crippen LogP) is 2.01. The van der Waals surface area contributed by atoms with Gasteiger partial charge in [0, 0.05) is 105 Å². The number of carbonyl (C=O) groups is 12. The zero-order chi connectivity index (χ0) is 77.3. The molecule has 9 atom stereocenters. The van der Waals surface area contributed by atoms with Gasteiger partial charge in [0.15, 0.2) is 11.3 Å². The number of benzene rings is 4. The van der Waals surface area contributed by atoms with Crippen molar-refractivity contribution < 1.29 is 57.5 Å². The smallest absolute Gasteiger partial charge is 0.324 e. The molecule has 6 heterocycles. The van der Waals surface area contributed by atoms with Crippen LogP contribution in [0, 0.1) is 5.41 Å². The van der Waals surface area contributed by atoms with E-state index >= 15 is 28.8 Å². The number of rotatable bonds is 21. The monoisotopic (exact) mass is 1530 g/mol. The number of nitrogens with two attached hydrogens (primary N) is 1. The summed E-state index contributed by atoms with van der Waals surface area (Å²) in [4.78, 5) is 202. The fourth-order valence-corrected chi connectivity index (χ4v) is 14.5. The maximum atomic E-state index is 15.2. The lowest BCUT2D eigenvalue weighted by Gasteiger charge is -2.30. The number of para-hydroxylation sites is 2. The Kier molecular flexibility index (Phi) is 28.5. The quantitative estimate of drug-likeness (QED) is 0.0212. The maximum absolute atomic E-state index is 15.2. The largest absolute Gasteiger partial charge is 0.370 e. The number of nitrogens with zero attached hydrogens (tertiary/aromatic N) is 4. The second kappa shape index (κ2) is 39.0. The highest BCUT2D eigenvalue weighted by Gasteiger charge is 2.40. The van der Waals surface area contributed by atoms with Crippen LogP contribution in [0.2, 0.25) is 0 Å². The lowest BCUT2D eigenvalue weighted by Crippen LogP contribution is -2.61. The standard InChI is InChI=1S/C74H89N21O12S2/c1-3-4-28-95-71(105)70(109-108-2)92-67(102)57(33-46-37-81-52-24-14-12-22-50(46)52)90-73(106)93-68(103)55(31-44-19-9-6-10-20-44)87-65(100)58(34-47-38-77-41-83-47)89-69(104)60-26-16-29-94(60)61(96)40-82-62(97)56(32-45-36-80-51-23-13-11-21-49(45)51)88-63(98)53(25-15-27-79-72(75)76)85-64(99)54(30-43-17-7-5-8-18-43)86-66(101)59(91-74(95)107)35-48-39-78-42-84-48/h5-14,17-24,36-39,41-42,53-60,70,80-81H,3-4,15-16,25-35,40H2,1-2H3,(H,77,83)(H,78,84)(H,82,97)(H,85,99)(H,86,101)(H,87,100)(H,88,98)(H,89,104)(H,91,107)(H,92,102)(H4,75,76,79)(H2,90,93,103,106)/t53-,54+,55+,56-,57-,58-,59-,60-,70?/m0/s1. The average molecular weight is 1530 g/mol. The van der Waals surface area contributed by atoms with E-state index in [0.29, 0.717) is 62.6 Å². The second-order valence-corrected chi connectivity index (χ2v) is 28.9. The molecule has 574 valence electrons. The van der Waals surface area contributed by atoms with Crippen LogP contribution in [0.5, 0.6) is 0 Å². The number of imidazole rings is 2. The van der Waals surface area contributed by atoms with E-state index < -0.39 is 131 Å². The van der Waals surface area contributed by atoms with Gasteiger partial charge < -0.3 is 83.7 Å². The van der Waals surface area contributed by atoms with Crippen molar-refractivity contribution in [2.75, 3.05) is 32.4 Å². The van der Waals surface area contributed by atoms with E-state index in [1.165, 1.54) is 29.9 Å². The van der Waals surface area contributed by atoms with Crippen LogP contribution in [0.25, 0.3) is 21.8 Å². The molecule has 1 unspecified atom stereocenters. The minimum absolute atomic E-state index is 0.0575. The van der Waals surface area contributed by atoms with Gasteiger partial charge in [0.1, 0.15) is 48.3 Å². The van der Waals surface area contributed by atoms with Crippen LogP contribution < -0.4 is 64.2 Å². The molecule has 8 aromatic rings. The van der Waals surface area contributed by atoms with Crippen molar-refractivity contribution in [2.24, 2.45) is 5.73 Å². The molecule has 2 saturated heterocycles. The molecule has 2 aliphatic rings. The lowest BCUT2D eigenvalue weighted by molar-refractivity contribution is -0.140. The summed E-state index contributed by atoms with van der Waals surface area (Å²) in [7, 11) is 1.94. The number of nitrogens with one attached hydrogen (secondary N) is 16. The van der Waals surface area contributed by atoms with Gasteiger partial charge in [-0.25, -0.2) is 19.6 Å². The fourth-order valence-electron chi connectivity index (χ4n) is 12.9. The van der Waals surface area contributed by atoms with Crippen LogP contribution >= 0.6 is 21.6 Å². The van der Waals surface area contributed by atoms with Gasteiger partial charge in [0.25, 0.3) is 11.8 Å². The third kappa shape index (κ3) is 22.3. The van der Waals surface area contributed by atoms with Gasteiger partial charge in [-0.05, 0) is 72.7 Å². The Bertz CT molecular complexity index is 4500. The number of fused-ring (bicyclic) bond motifs is 3. The Balaban J connectivity index is 1.02. The molecule has 4 aromatic carbocycles. The molecular formula is C74H89N21O12S2. The van der Waals surface area contributed by atoms with Gasteiger partial charge in [-0.15, -0.1) is 0 Å². The molecular weight excluding hydrogens is 1440 g/mol. The third-order valence-corrected chi connectivity index (χ3v) is 20.4. The van der Waals surface area contributed by atoms with Crippen LogP contribution in [0.15, 0.2) is 147 Å². The third-order valence-electron chi connectivity index (χ3n) is 18.5. The summed E-state index contributed by atoms with van der Waals surface area (Å²) in [6.45, 7) is 1.02. The number of amides is 14. The normalized spacial score (nSPS) is 21.8. The molecule has 14 amide bonds. The minimum Gasteiger partial charge on any atom is -0.370 e. The molecule has 0 bridgehead atoms. The Morgan fingerprint density at radius 1 is 0.541 bits per heavy atom. The summed E-state index contributed by atoms with van der Waals surface area (Å²) >= 11 is 0. The molecule has 0 radical (unpaired) electrons. The summed E-state index contributed by atoms with van der Waals surface area (Å²) in [5, 5.41) is 37.2. The van der Waals surface area contributed by atoms with E-state index in [9.17, 15) is 28.8 Å².